The molecule has 19 heavy (non-hydrogen) atoms. The Bertz CT molecular complexity index is 596. The predicted molar refractivity (Wildman–Crippen MR) is 72.8 cm³/mol. The highest BCUT2D eigenvalue weighted by Gasteiger charge is 2.13. The molecule has 0 saturated heterocycles. The van der Waals surface area contributed by atoms with Gasteiger partial charge in [0, 0.05) is 10.6 Å². The third-order valence-corrected chi connectivity index (χ3v) is 2.79. The minimum Gasteiger partial charge on any atom is -0.491 e. The minimum absolute atomic E-state index is 0.0989. The molecule has 0 fully saturated rings. The van der Waals surface area contributed by atoms with Crippen molar-refractivity contribution in [3.05, 3.63) is 47.1 Å². The number of aromatic carboxylic acids is 1. The van der Waals surface area contributed by atoms with E-state index >= 15 is 0 Å². The molecule has 0 saturated carbocycles. The highest BCUT2D eigenvalue weighted by atomic mass is 35.5. The van der Waals surface area contributed by atoms with Gasteiger partial charge < -0.3 is 9.84 Å². The molecule has 0 spiro atoms. The smallest absolute Gasteiger partial charge is 0.339 e. The molecular formula is C14H12ClNO3. The number of hydrogen-bond donors (Lipinski definition) is 1. The van der Waals surface area contributed by atoms with Gasteiger partial charge in [0.15, 0.2) is 5.75 Å². The SMILES string of the molecule is CCOc1cnc(-c2ccc(Cl)cc2)cc1C(=O)O. The maximum absolute atomic E-state index is 11.2. The molecule has 5 heteroatoms. The van der Waals surface area contributed by atoms with Crippen LogP contribution in [0.15, 0.2) is 36.5 Å². The summed E-state index contributed by atoms with van der Waals surface area (Å²) in [6, 6.07) is 8.54. The number of hydrogen-bond acceptors (Lipinski definition) is 3. The fourth-order valence-corrected chi connectivity index (χ4v) is 1.78. The molecule has 0 amide bonds. The number of pyridine rings is 1. The van der Waals surface area contributed by atoms with Crippen molar-refractivity contribution in [2.24, 2.45) is 0 Å². The molecule has 1 aromatic heterocycles. The Morgan fingerprint density at radius 3 is 2.63 bits per heavy atom. The first-order valence-electron chi connectivity index (χ1n) is 5.74. The second-order valence-electron chi connectivity index (χ2n) is 3.81. The van der Waals surface area contributed by atoms with E-state index in [4.69, 9.17) is 16.3 Å². The molecule has 0 unspecified atom stereocenters. The number of carboxylic acids is 1. The van der Waals surface area contributed by atoms with Crippen LogP contribution in [0.1, 0.15) is 17.3 Å². The van der Waals surface area contributed by atoms with Gasteiger partial charge in [0.1, 0.15) is 5.56 Å². The van der Waals surface area contributed by atoms with E-state index in [1.54, 1.807) is 31.2 Å². The highest BCUT2D eigenvalue weighted by Crippen LogP contribution is 2.25. The summed E-state index contributed by atoms with van der Waals surface area (Å²) in [6.07, 6.45) is 1.43. The van der Waals surface area contributed by atoms with Crippen LogP contribution in [0, 0.1) is 0 Å². The molecule has 2 aromatic rings. The summed E-state index contributed by atoms with van der Waals surface area (Å²) >= 11 is 5.81. The average molecular weight is 278 g/mol. The highest BCUT2D eigenvalue weighted by molar-refractivity contribution is 6.30. The van der Waals surface area contributed by atoms with Gasteiger partial charge in [-0.15, -0.1) is 0 Å². The second kappa shape index (κ2) is 5.71. The van der Waals surface area contributed by atoms with E-state index in [1.807, 2.05) is 0 Å². The Labute approximate surface area is 115 Å². The molecule has 2 rings (SSSR count). The van der Waals surface area contributed by atoms with Crippen molar-refractivity contribution in [2.75, 3.05) is 6.61 Å². The van der Waals surface area contributed by atoms with Crippen molar-refractivity contribution >= 4 is 17.6 Å². The molecule has 0 aliphatic heterocycles. The van der Waals surface area contributed by atoms with E-state index in [1.165, 1.54) is 12.3 Å². The van der Waals surface area contributed by atoms with Gasteiger partial charge in [-0.3, -0.25) is 4.98 Å². The molecule has 0 aliphatic rings. The lowest BCUT2D eigenvalue weighted by Gasteiger charge is -2.08. The van der Waals surface area contributed by atoms with Crippen LogP contribution in [0.3, 0.4) is 0 Å². The predicted octanol–water partition coefficient (Wildman–Crippen LogP) is 3.50. The summed E-state index contributed by atoms with van der Waals surface area (Å²) in [7, 11) is 0. The van der Waals surface area contributed by atoms with Gasteiger partial charge in [-0.2, -0.15) is 0 Å². The van der Waals surface area contributed by atoms with Gasteiger partial charge in [0.05, 0.1) is 18.5 Å². The first kappa shape index (κ1) is 13.4. The number of benzene rings is 1. The molecule has 1 N–H and O–H groups in total. The third kappa shape index (κ3) is 3.03. The first-order chi connectivity index (χ1) is 9.11. The topological polar surface area (TPSA) is 59.4 Å². The van der Waals surface area contributed by atoms with Crippen LogP contribution in [0.5, 0.6) is 5.75 Å². The molecule has 0 aliphatic carbocycles. The molecule has 0 radical (unpaired) electrons. The van der Waals surface area contributed by atoms with Gasteiger partial charge in [-0.1, -0.05) is 23.7 Å². The van der Waals surface area contributed by atoms with Crippen molar-refractivity contribution in [1.29, 1.82) is 0 Å². The van der Waals surface area contributed by atoms with Crippen molar-refractivity contribution in [1.82, 2.24) is 4.98 Å². The second-order valence-corrected chi connectivity index (χ2v) is 4.25. The van der Waals surface area contributed by atoms with Gasteiger partial charge in [-0.25, -0.2) is 4.79 Å². The van der Waals surface area contributed by atoms with E-state index in [2.05, 4.69) is 4.98 Å². The zero-order valence-electron chi connectivity index (χ0n) is 10.3. The lowest BCUT2D eigenvalue weighted by atomic mass is 10.1. The minimum atomic E-state index is -1.04. The zero-order chi connectivity index (χ0) is 13.8. The molecule has 98 valence electrons. The van der Waals surface area contributed by atoms with E-state index < -0.39 is 5.97 Å². The summed E-state index contributed by atoms with van der Waals surface area (Å²) in [5.74, 6) is -0.770. The number of carbonyl (C=O) groups is 1. The summed E-state index contributed by atoms with van der Waals surface area (Å²) in [6.45, 7) is 2.18. The summed E-state index contributed by atoms with van der Waals surface area (Å²) < 4.78 is 5.24. The van der Waals surface area contributed by atoms with Gasteiger partial charge in [0.25, 0.3) is 0 Å². The van der Waals surface area contributed by atoms with Crippen LogP contribution in [-0.4, -0.2) is 22.7 Å². The lowest BCUT2D eigenvalue weighted by Crippen LogP contribution is -2.04. The largest absolute Gasteiger partial charge is 0.491 e. The summed E-state index contributed by atoms with van der Waals surface area (Å²) in [5.41, 5.74) is 1.47. The van der Waals surface area contributed by atoms with Crippen LogP contribution < -0.4 is 4.74 Å². The van der Waals surface area contributed by atoms with Gasteiger partial charge in [-0.05, 0) is 25.1 Å². The lowest BCUT2D eigenvalue weighted by molar-refractivity contribution is 0.0692. The van der Waals surface area contributed by atoms with Gasteiger partial charge in [0.2, 0.25) is 0 Å². The first-order valence-corrected chi connectivity index (χ1v) is 6.11. The summed E-state index contributed by atoms with van der Waals surface area (Å²) in [5, 5.41) is 9.80. The Hall–Kier alpha value is -2.07. The third-order valence-electron chi connectivity index (χ3n) is 2.54. The number of aromatic nitrogens is 1. The Balaban J connectivity index is 2.45. The maximum atomic E-state index is 11.2. The van der Waals surface area contributed by atoms with Crippen molar-refractivity contribution < 1.29 is 14.6 Å². The quantitative estimate of drug-likeness (QED) is 0.929. The number of rotatable bonds is 4. The monoisotopic (exact) mass is 277 g/mol. The number of halogens is 1. The maximum Gasteiger partial charge on any atom is 0.339 e. The van der Waals surface area contributed by atoms with Crippen LogP contribution >= 0.6 is 11.6 Å². The van der Waals surface area contributed by atoms with Crippen molar-refractivity contribution in [3.8, 4) is 17.0 Å². The Morgan fingerprint density at radius 1 is 1.37 bits per heavy atom. The van der Waals surface area contributed by atoms with Crippen LogP contribution in [0.4, 0.5) is 0 Å². The van der Waals surface area contributed by atoms with E-state index in [9.17, 15) is 9.90 Å². The molecular weight excluding hydrogens is 266 g/mol. The molecule has 0 atom stereocenters. The standard InChI is InChI=1S/C14H12ClNO3/c1-2-19-13-8-16-12(7-11(13)14(17)18)9-3-5-10(15)6-4-9/h3-8H,2H2,1H3,(H,17,18). The summed E-state index contributed by atoms with van der Waals surface area (Å²) in [4.78, 5) is 15.4. The fraction of sp³-hybridized carbons (Fsp3) is 0.143. The van der Waals surface area contributed by atoms with Crippen molar-refractivity contribution in [2.45, 2.75) is 6.92 Å². The normalized spacial score (nSPS) is 10.2. The van der Waals surface area contributed by atoms with E-state index in [0.717, 1.165) is 5.56 Å². The number of nitrogens with zero attached hydrogens (tertiary/aromatic N) is 1. The molecule has 1 heterocycles. The van der Waals surface area contributed by atoms with Crippen molar-refractivity contribution in [3.63, 3.8) is 0 Å². The zero-order valence-corrected chi connectivity index (χ0v) is 11.0. The molecule has 4 nitrogen and oxygen atoms in total. The fourth-order valence-electron chi connectivity index (χ4n) is 1.66. The molecule has 1 aromatic carbocycles. The average Bonchev–Trinajstić information content (AvgIpc) is 2.40. The molecule has 0 bridgehead atoms. The van der Waals surface area contributed by atoms with Crippen LogP contribution in [0.25, 0.3) is 11.3 Å². The Kier molecular flexibility index (Phi) is 4.02. The van der Waals surface area contributed by atoms with Gasteiger partial charge >= 0.3 is 5.97 Å². The Morgan fingerprint density at radius 2 is 2.05 bits per heavy atom. The van der Waals surface area contributed by atoms with E-state index in [0.29, 0.717) is 17.3 Å². The van der Waals surface area contributed by atoms with E-state index in [-0.39, 0.29) is 11.3 Å². The number of carboxylic acid groups (broad SMARTS) is 1. The number of ether oxygens (including phenoxy) is 1. The van der Waals surface area contributed by atoms with Crippen LogP contribution in [-0.2, 0) is 0 Å². The van der Waals surface area contributed by atoms with Crippen LogP contribution in [0.2, 0.25) is 5.02 Å².